The Morgan fingerprint density at radius 3 is 2.88 bits per heavy atom. The zero-order valence-electron chi connectivity index (χ0n) is 13.7. The van der Waals surface area contributed by atoms with Gasteiger partial charge >= 0.3 is 0 Å². The van der Waals surface area contributed by atoms with Crippen LogP contribution in [0.1, 0.15) is 23.7 Å². The van der Waals surface area contributed by atoms with E-state index in [1.807, 2.05) is 13.0 Å². The fraction of sp³-hybridized carbons (Fsp3) is 0.375. The Morgan fingerprint density at radius 1 is 1.40 bits per heavy atom. The first kappa shape index (κ1) is 17.4. The zero-order valence-corrected chi connectivity index (χ0v) is 14.4. The second-order valence-electron chi connectivity index (χ2n) is 5.83. The Labute approximate surface area is 149 Å². The molecule has 8 nitrogen and oxygen atoms in total. The Kier molecular flexibility index (Phi) is 5.00. The predicted octanol–water partition coefficient (Wildman–Crippen LogP) is 2.90. The Morgan fingerprint density at radius 2 is 2.20 bits per heavy atom. The highest BCUT2D eigenvalue weighted by atomic mass is 35.5. The van der Waals surface area contributed by atoms with Gasteiger partial charge in [-0.3, -0.25) is 10.1 Å². The lowest BCUT2D eigenvalue weighted by Crippen LogP contribution is -2.32. The standard InChI is InChI=1S/C16H18ClN5O3/c1-10-7-15(20-16(18)19-10)21-5-2-6-25-9-14(21)12-4-3-11(22(23)24)8-13(12)17/h3-4,7-8,14H,2,5-6,9H2,1H3,(H2,18,19,20)/t14-/m0/s1. The molecule has 1 aromatic heterocycles. The average molecular weight is 364 g/mol. The second kappa shape index (κ2) is 7.20. The van der Waals surface area contributed by atoms with E-state index in [1.54, 1.807) is 6.07 Å². The van der Waals surface area contributed by atoms with Gasteiger partial charge in [-0.2, -0.15) is 4.98 Å². The fourth-order valence-electron chi connectivity index (χ4n) is 2.93. The number of ether oxygens (including phenoxy) is 1. The third kappa shape index (κ3) is 3.80. The van der Waals surface area contributed by atoms with E-state index >= 15 is 0 Å². The minimum absolute atomic E-state index is 0.0445. The molecule has 0 bridgehead atoms. The SMILES string of the molecule is Cc1cc(N2CCCOC[C@H]2c2ccc([N+](=O)[O-])cc2Cl)nc(N)n1. The number of nitro groups is 1. The highest BCUT2D eigenvalue weighted by molar-refractivity contribution is 6.31. The monoisotopic (exact) mass is 363 g/mol. The summed E-state index contributed by atoms with van der Waals surface area (Å²) in [6.45, 7) is 3.58. The van der Waals surface area contributed by atoms with Crippen LogP contribution in [0.5, 0.6) is 0 Å². The summed E-state index contributed by atoms with van der Waals surface area (Å²) in [4.78, 5) is 21.0. The summed E-state index contributed by atoms with van der Waals surface area (Å²) in [5.74, 6) is 0.892. The van der Waals surface area contributed by atoms with E-state index in [4.69, 9.17) is 22.1 Å². The van der Waals surface area contributed by atoms with E-state index in [-0.39, 0.29) is 17.7 Å². The average Bonchev–Trinajstić information content (AvgIpc) is 2.79. The zero-order chi connectivity index (χ0) is 18.0. The van der Waals surface area contributed by atoms with Gasteiger partial charge in [0.1, 0.15) is 5.82 Å². The van der Waals surface area contributed by atoms with E-state index in [2.05, 4.69) is 14.9 Å². The highest BCUT2D eigenvalue weighted by Crippen LogP contribution is 2.34. The van der Waals surface area contributed by atoms with Crippen molar-refractivity contribution in [1.29, 1.82) is 0 Å². The molecule has 0 aliphatic carbocycles. The summed E-state index contributed by atoms with van der Waals surface area (Å²) >= 11 is 6.33. The van der Waals surface area contributed by atoms with Gasteiger partial charge in [0.2, 0.25) is 5.95 Å². The van der Waals surface area contributed by atoms with E-state index in [0.29, 0.717) is 30.6 Å². The number of rotatable bonds is 3. The minimum atomic E-state index is -0.467. The summed E-state index contributed by atoms with van der Waals surface area (Å²) in [6, 6.07) is 6.12. The smallest absolute Gasteiger partial charge is 0.270 e. The lowest BCUT2D eigenvalue weighted by Gasteiger charge is -2.31. The van der Waals surface area contributed by atoms with Crippen molar-refractivity contribution in [3.8, 4) is 0 Å². The molecule has 2 heterocycles. The first-order valence-electron chi connectivity index (χ1n) is 7.85. The van der Waals surface area contributed by atoms with Crippen LogP contribution in [0, 0.1) is 17.0 Å². The van der Waals surface area contributed by atoms with Gasteiger partial charge in [0, 0.05) is 37.0 Å². The van der Waals surface area contributed by atoms with Gasteiger partial charge in [0.25, 0.3) is 5.69 Å². The number of nitrogens with zero attached hydrogens (tertiary/aromatic N) is 4. The number of aromatic nitrogens is 2. The van der Waals surface area contributed by atoms with Crippen LogP contribution >= 0.6 is 11.6 Å². The molecule has 0 amide bonds. The van der Waals surface area contributed by atoms with Crippen LogP contribution in [0.2, 0.25) is 5.02 Å². The number of nitrogens with two attached hydrogens (primary N) is 1. The lowest BCUT2D eigenvalue weighted by atomic mass is 10.0. The summed E-state index contributed by atoms with van der Waals surface area (Å²) < 4.78 is 5.70. The molecule has 1 aromatic carbocycles. The number of anilines is 2. The molecule has 0 radical (unpaired) electrons. The number of non-ortho nitro benzene ring substituents is 1. The first-order chi connectivity index (χ1) is 12.0. The first-order valence-corrected chi connectivity index (χ1v) is 8.23. The van der Waals surface area contributed by atoms with Crippen molar-refractivity contribution < 1.29 is 9.66 Å². The van der Waals surface area contributed by atoms with Crippen molar-refractivity contribution in [2.75, 3.05) is 30.4 Å². The summed E-state index contributed by atoms with van der Waals surface area (Å²) in [5.41, 5.74) is 7.27. The highest BCUT2D eigenvalue weighted by Gasteiger charge is 2.27. The Balaban J connectivity index is 2.02. The molecule has 2 N–H and O–H groups in total. The van der Waals surface area contributed by atoms with Crippen molar-refractivity contribution >= 4 is 29.1 Å². The van der Waals surface area contributed by atoms with Crippen molar-refractivity contribution in [3.63, 3.8) is 0 Å². The van der Waals surface area contributed by atoms with Crippen LogP contribution in [-0.2, 0) is 4.74 Å². The molecule has 1 atom stereocenters. The number of aryl methyl sites for hydroxylation is 1. The van der Waals surface area contributed by atoms with E-state index in [0.717, 1.165) is 17.7 Å². The molecule has 9 heteroatoms. The van der Waals surface area contributed by atoms with Gasteiger partial charge in [-0.15, -0.1) is 0 Å². The molecular weight excluding hydrogens is 346 g/mol. The predicted molar refractivity (Wildman–Crippen MR) is 94.8 cm³/mol. The number of halogens is 1. The quantitative estimate of drug-likeness (QED) is 0.659. The van der Waals surface area contributed by atoms with Gasteiger partial charge < -0.3 is 15.4 Å². The summed E-state index contributed by atoms with van der Waals surface area (Å²) in [5, 5.41) is 11.3. The number of benzene rings is 1. The van der Waals surface area contributed by atoms with Gasteiger partial charge in [0.15, 0.2) is 0 Å². The lowest BCUT2D eigenvalue weighted by molar-refractivity contribution is -0.384. The van der Waals surface area contributed by atoms with Gasteiger partial charge in [-0.05, 0) is 25.0 Å². The van der Waals surface area contributed by atoms with Crippen molar-refractivity contribution in [3.05, 3.63) is 50.7 Å². The maximum atomic E-state index is 10.9. The van der Waals surface area contributed by atoms with Gasteiger partial charge in [-0.25, -0.2) is 4.98 Å². The number of nitro benzene ring substituents is 1. The third-order valence-electron chi connectivity index (χ3n) is 4.05. The summed E-state index contributed by atoms with van der Waals surface area (Å²) in [6.07, 6.45) is 0.823. The maximum Gasteiger partial charge on any atom is 0.270 e. The number of hydrogen-bond acceptors (Lipinski definition) is 7. The normalized spacial score (nSPS) is 18.0. The molecule has 0 saturated carbocycles. The molecule has 1 saturated heterocycles. The molecule has 0 unspecified atom stereocenters. The Bertz CT molecular complexity index is 781. The van der Waals surface area contributed by atoms with Crippen molar-refractivity contribution in [2.24, 2.45) is 0 Å². The summed E-state index contributed by atoms with van der Waals surface area (Å²) in [7, 11) is 0. The molecule has 132 valence electrons. The fourth-order valence-corrected chi connectivity index (χ4v) is 3.23. The van der Waals surface area contributed by atoms with Crippen LogP contribution < -0.4 is 10.6 Å². The maximum absolute atomic E-state index is 10.9. The van der Waals surface area contributed by atoms with Crippen LogP contribution in [0.15, 0.2) is 24.3 Å². The van der Waals surface area contributed by atoms with E-state index in [9.17, 15) is 10.1 Å². The van der Waals surface area contributed by atoms with E-state index < -0.39 is 4.92 Å². The topological polar surface area (TPSA) is 107 Å². The minimum Gasteiger partial charge on any atom is -0.379 e. The van der Waals surface area contributed by atoms with Crippen molar-refractivity contribution in [2.45, 2.75) is 19.4 Å². The van der Waals surface area contributed by atoms with Crippen LogP contribution in [0.3, 0.4) is 0 Å². The molecular formula is C16H18ClN5O3. The molecule has 1 aliphatic heterocycles. The molecule has 2 aromatic rings. The largest absolute Gasteiger partial charge is 0.379 e. The molecule has 1 aliphatic rings. The van der Waals surface area contributed by atoms with Crippen LogP contribution in [-0.4, -0.2) is 34.6 Å². The molecule has 0 spiro atoms. The Hall–Kier alpha value is -2.45. The van der Waals surface area contributed by atoms with Gasteiger partial charge in [0.05, 0.1) is 22.6 Å². The van der Waals surface area contributed by atoms with E-state index in [1.165, 1.54) is 12.1 Å². The van der Waals surface area contributed by atoms with Gasteiger partial charge in [-0.1, -0.05) is 11.6 Å². The molecule has 1 fully saturated rings. The molecule has 25 heavy (non-hydrogen) atoms. The number of nitrogen functional groups attached to an aromatic ring is 1. The third-order valence-corrected chi connectivity index (χ3v) is 4.37. The van der Waals surface area contributed by atoms with Crippen molar-refractivity contribution in [1.82, 2.24) is 9.97 Å². The van der Waals surface area contributed by atoms with Crippen LogP contribution in [0.4, 0.5) is 17.5 Å². The van der Waals surface area contributed by atoms with Crippen LogP contribution in [0.25, 0.3) is 0 Å². The number of hydrogen-bond donors (Lipinski definition) is 1. The second-order valence-corrected chi connectivity index (χ2v) is 6.23. The molecule has 3 rings (SSSR count).